The van der Waals surface area contributed by atoms with Gasteiger partial charge >= 0.3 is 6.03 Å². The Balaban J connectivity index is 1.26. The van der Waals surface area contributed by atoms with Crippen LogP contribution in [0.2, 0.25) is 0 Å². The van der Waals surface area contributed by atoms with E-state index in [0.29, 0.717) is 38.9 Å². The number of aryl methyl sites for hydroxylation is 1. The Morgan fingerprint density at radius 2 is 1.85 bits per heavy atom. The average molecular weight is 571 g/mol. The summed E-state index contributed by atoms with van der Waals surface area (Å²) in [6.07, 6.45) is 4.83. The third kappa shape index (κ3) is 5.33. The number of aromatic nitrogens is 1. The zero-order chi connectivity index (χ0) is 28.5. The molecule has 0 spiro atoms. The SMILES string of the molecule is Cc1cc(Oc2ccccc2)ccc1N1C(=O)Nc2c(C(=O)N[C@@H]3CCC[C@H](NC(=O)CN)C3)sc3nccc1c23. The number of nitrogens with zero attached hydrogens (tertiary/aromatic N) is 2. The Hall–Kier alpha value is -4.48. The fraction of sp³-hybridized carbons (Fsp3) is 0.267. The first-order valence-electron chi connectivity index (χ1n) is 13.6. The number of carbonyl (C=O) groups is 3. The second-order valence-electron chi connectivity index (χ2n) is 10.3. The summed E-state index contributed by atoms with van der Waals surface area (Å²) in [5.41, 5.74) is 8.12. The predicted octanol–water partition coefficient (Wildman–Crippen LogP) is 5.20. The minimum absolute atomic E-state index is 0.0277. The van der Waals surface area contributed by atoms with Crippen LogP contribution >= 0.6 is 11.3 Å². The van der Waals surface area contributed by atoms with Gasteiger partial charge < -0.3 is 26.4 Å². The molecule has 10 nitrogen and oxygen atoms in total. The van der Waals surface area contributed by atoms with Crippen LogP contribution in [0.3, 0.4) is 0 Å². The number of anilines is 3. The molecular weight excluding hydrogens is 540 g/mol. The van der Waals surface area contributed by atoms with Crippen LogP contribution in [-0.4, -0.2) is 41.5 Å². The lowest BCUT2D eigenvalue weighted by molar-refractivity contribution is -0.120. The number of rotatable bonds is 7. The highest BCUT2D eigenvalue weighted by atomic mass is 32.1. The lowest BCUT2D eigenvalue weighted by Crippen LogP contribution is -2.47. The van der Waals surface area contributed by atoms with Crippen molar-refractivity contribution in [3.8, 4) is 11.5 Å². The molecule has 1 saturated carbocycles. The van der Waals surface area contributed by atoms with E-state index in [2.05, 4.69) is 20.9 Å². The maximum atomic E-state index is 13.5. The van der Waals surface area contributed by atoms with E-state index in [-0.39, 0.29) is 36.5 Å². The van der Waals surface area contributed by atoms with E-state index in [1.54, 1.807) is 17.2 Å². The van der Waals surface area contributed by atoms with E-state index in [1.807, 2.05) is 55.5 Å². The van der Waals surface area contributed by atoms with E-state index >= 15 is 0 Å². The maximum absolute atomic E-state index is 13.5. The molecule has 0 bridgehead atoms. The summed E-state index contributed by atoms with van der Waals surface area (Å²) in [7, 11) is 0. The zero-order valence-corrected chi connectivity index (χ0v) is 23.3. The minimum atomic E-state index is -0.362. The fourth-order valence-electron chi connectivity index (χ4n) is 5.54. The molecule has 6 rings (SSSR count). The normalized spacial score (nSPS) is 18.1. The van der Waals surface area contributed by atoms with Crippen molar-refractivity contribution >= 4 is 56.5 Å². The number of nitrogens with one attached hydrogen (secondary N) is 3. The van der Waals surface area contributed by atoms with Crippen molar-refractivity contribution in [2.75, 3.05) is 16.8 Å². The molecule has 0 radical (unpaired) electrons. The van der Waals surface area contributed by atoms with Gasteiger partial charge in [-0.1, -0.05) is 18.2 Å². The van der Waals surface area contributed by atoms with Crippen molar-refractivity contribution in [1.29, 1.82) is 0 Å². The van der Waals surface area contributed by atoms with Gasteiger partial charge in [0.05, 0.1) is 29.0 Å². The molecule has 41 heavy (non-hydrogen) atoms. The highest BCUT2D eigenvalue weighted by Gasteiger charge is 2.34. The number of nitrogens with two attached hydrogens (primary N) is 1. The molecule has 2 atom stereocenters. The smallest absolute Gasteiger partial charge is 0.331 e. The Labute approximate surface area is 240 Å². The number of hydrogen-bond acceptors (Lipinski definition) is 7. The van der Waals surface area contributed by atoms with Gasteiger partial charge in [0.1, 0.15) is 21.2 Å². The number of urea groups is 1. The molecule has 0 unspecified atom stereocenters. The van der Waals surface area contributed by atoms with Gasteiger partial charge in [-0.15, -0.1) is 11.3 Å². The first kappa shape index (κ1) is 26.7. The van der Waals surface area contributed by atoms with Crippen molar-refractivity contribution in [3.05, 3.63) is 71.2 Å². The molecule has 1 fully saturated rings. The van der Waals surface area contributed by atoms with Crippen molar-refractivity contribution in [2.24, 2.45) is 5.73 Å². The van der Waals surface area contributed by atoms with Gasteiger partial charge in [-0.05, 0) is 74.6 Å². The summed E-state index contributed by atoms with van der Waals surface area (Å²) < 4.78 is 5.97. The molecule has 2 aromatic heterocycles. The summed E-state index contributed by atoms with van der Waals surface area (Å²) in [6.45, 7) is 1.87. The van der Waals surface area contributed by atoms with Crippen LogP contribution in [0.4, 0.5) is 21.9 Å². The van der Waals surface area contributed by atoms with E-state index < -0.39 is 0 Å². The van der Waals surface area contributed by atoms with Crippen LogP contribution in [0.25, 0.3) is 10.2 Å². The minimum Gasteiger partial charge on any atom is -0.457 e. The molecule has 2 aliphatic rings. The fourth-order valence-corrected chi connectivity index (χ4v) is 6.56. The number of carbonyl (C=O) groups excluding carboxylic acids is 3. The zero-order valence-electron chi connectivity index (χ0n) is 22.5. The van der Waals surface area contributed by atoms with E-state index in [1.165, 1.54) is 11.3 Å². The van der Waals surface area contributed by atoms with Gasteiger partial charge in [0.15, 0.2) is 0 Å². The molecule has 1 aliphatic heterocycles. The van der Waals surface area contributed by atoms with Crippen LogP contribution < -0.4 is 31.3 Å². The number of pyridine rings is 1. The molecule has 4 aromatic rings. The van der Waals surface area contributed by atoms with Gasteiger partial charge in [-0.25, -0.2) is 9.78 Å². The van der Waals surface area contributed by atoms with Crippen LogP contribution in [-0.2, 0) is 4.79 Å². The quantitative estimate of drug-likeness (QED) is 0.241. The monoisotopic (exact) mass is 570 g/mol. The highest BCUT2D eigenvalue weighted by molar-refractivity contribution is 7.21. The van der Waals surface area contributed by atoms with Crippen LogP contribution in [0.15, 0.2) is 60.8 Å². The molecule has 5 N–H and O–H groups in total. The van der Waals surface area contributed by atoms with Gasteiger partial charge in [-0.2, -0.15) is 0 Å². The molecule has 1 aliphatic carbocycles. The number of amides is 4. The molecule has 11 heteroatoms. The third-order valence-electron chi connectivity index (χ3n) is 7.40. The summed E-state index contributed by atoms with van der Waals surface area (Å²) in [5.74, 6) is 0.925. The summed E-state index contributed by atoms with van der Waals surface area (Å²) >= 11 is 1.25. The van der Waals surface area contributed by atoms with Gasteiger partial charge in [0.25, 0.3) is 5.91 Å². The number of ether oxygens (including phenoxy) is 1. The molecule has 0 saturated heterocycles. The molecule has 210 valence electrons. The van der Waals surface area contributed by atoms with Crippen molar-refractivity contribution < 1.29 is 19.1 Å². The first-order valence-corrected chi connectivity index (χ1v) is 14.4. The number of para-hydroxylation sites is 1. The van der Waals surface area contributed by atoms with Crippen LogP contribution in [0, 0.1) is 6.92 Å². The van der Waals surface area contributed by atoms with Gasteiger partial charge in [0, 0.05) is 18.3 Å². The first-order chi connectivity index (χ1) is 19.9. The second kappa shape index (κ2) is 11.2. The molecular formula is C30H30N6O4S. The third-order valence-corrected chi connectivity index (χ3v) is 8.50. The second-order valence-corrected chi connectivity index (χ2v) is 11.3. The van der Waals surface area contributed by atoms with E-state index in [0.717, 1.165) is 36.0 Å². The molecule has 3 heterocycles. The van der Waals surface area contributed by atoms with Crippen LogP contribution in [0.5, 0.6) is 11.5 Å². The molecule has 4 amide bonds. The summed E-state index contributed by atoms with van der Waals surface area (Å²) in [5, 5.41) is 9.72. The Kier molecular flexibility index (Phi) is 7.29. The lowest BCUT2D eigenvalue weighted by Gasteiger charge is -2.31. The Morgan fingerprint density at radius 1 is 1.07 bits per heavy atom. The molecule has 2 aromatic carbocycles. The topological polar surface area (TPSA) is 139 Å². The summed E-state index contributed by atoms with van der Waals surface area (Å²) in [6, 6.07) is 16.4. The number of benzene rings is 2. The Morgan fingerprint density at radius 3 is 2.61 bits per heavy atom. The van der Waals surface area contributed by atoms with Crippen LogP contribution in [0.1, 0.15) is 40.9 Å². The van der Waals surface area contributed by atoms with Gasteiger partial charge in [0.2, 0.25) is 5.91 Å². The van der Waals surface area contributed by atoms with Crippen molar-refractivity contribution in [1.82, 2.24) is 15.6 Å². The van der Waals surface area contributed by atoms with Gasteiger partial charge in [-0.3, -0.25) is 14.5 Å². The number of hydrogen-bond donors (Lipinski definition) is 4. The standard InChI is InChI=1S/C30H30N6O4S/c1-17-14-21(40-20-8-3-2-4-9-20)10-11-22(17)36-23-12-13-32-29-25(23)26(35-30(36)39)27(41-29)28(38)34-19-7-5-6-18(15-19)33-24(37)16-31/h2-4,8-14,18-19H,5-7,15-16,31H2,1H3,(H,33,37)(H,34,38)(H,35,39)/t18-,19+/m0/s1. The largest absolute Gasteiger partial charge is 0.457 e. The maximum Gasteiger partial charge on any atom is 0.331 e. The van der Waals surface area contributed by atoms with Crippen molar-refractivity contribution in [3.63, 3.8) is 0 Å². The van der Waals surface area contributed by atoms with E-state index in [4.69, 9.17) is 10.5 Å². The predicted molar refractivity (Wildman–Crippen MR) is 159 cm³/mol. The highest BCUT2D eigenvalue weighted by Crippen LogP contribution is 2.46. The average Bonchev–Trinajstić information content (AvgIpc) is 3.34. The Bertz CT molecular complexity index is 1640. The lowest BCUT2D eigenvalue weighted by atomic mass is 9.91. The number of thiophene rings is 1. The summed E-state index contributed by atoms with van der Waals surface area (Å²) in [4.78, 5) is 45.9. The van der Waals surface area contributed by atoms with E-state index in [9.17, 15) is 14.4 Å². The van der Waals surface area contributed by atoms with Crippen molar-refractivity contribution in [2.45, 2.75) is 44.7 Å².